The molecule has 1 amide bonds. The molecule has 3 aromatic rings. The number of nitrogens with two attached hydrogens (primary N) is 1. The summed E-state index contributed by atoms with van der Waals surface area (Å²) in [7, 11) is -3.90. The zero-order valence-corrected chi connectivity index (χ0v) is 25.7. The first-order chi connectivity index (χ1) is 19.9. The summed E-state index contributed by atoms with van der Waals surface area (Å²) in [4.78, 5) is 24.6. The van der Waals surface area contributed by atoms with Crippen molar-refractivity contribution in [2.75, 3.05) is 13.1 Å². The van der Waals surface area contributed by atoms with Crippen LogP contribution in [0, 0.1) is 11.3 Å². The molecule has 1 aliphatic heterocycles. The molecule has 0 radical (unpaired) electrons. The van der Waals surface area contributed by atoms with Gasteiger partial charge in [-0.15, -0.1) is 12.4 Å². The Kier molecular flexibility index (Phi) is 10.9. The molecule has 1 saturated heterocycles. The van der Waals surface area contributed by atoms with Crippen LogP contribution in [0.1, 0.15) is 37.5 Å². The van der Waals surface area contributed by atoms with Crippen LogP contribution in [-0.2, 0) is 36.4 Å². The molecular weight excluding hydrogens is 592 g/mol. The third-order valence-corrected chi connectivity index (χ3v) is 8.64. The minimum Gasteiger partial charge on any atom is -0.480 e. The Bertz CT molecular complexity index is 1570. The quantitative estimate of drug-likeness (QED) is 0.308. The van der Waals surface area contributed by atoms with Crippen LogP contribution < -0.4 is 15.8 Å². The summed E-state index contributed by atoms with van der Waals surface area (Å²) in [6, 6.07) is 23.2. The predicted molar refractivity (Wildman–Crippen MR) is 163 cm³/mol. The molecule has 3 N–H and O–H groups in total. The monoisotopic (exact) mass is 626 g/mol. The van der Waals surface area contributed by atoms with E-state index in [4.69, 9.17) is 20.5 Å². The molecule has 0 spiro atoms. The fourth-order valence-corrected chi connectivity index (χ4v) is 6.21. The number of hydrogen-bond donors (Lipinski definition) is 2. The van der Waals surface area contributed by atoms with Crippen LogP contribution in [-0.4, -0.2) is 55.9 Å². The number of esters is 1. The van der Waals surface area contributed by atoms with Gasteiger partial charge in [0.25, 0.3) is 5.91 Å². The number of nitrogens with zero attached hydrogens (tertiary/aromatic N) is 2. The molecule has 1 unspecified atom stereocenters. The lowest BCUT2D eigenvalue weighted by molar-refractivity contribution is -0.156. The smallest absolute Gasteiger partial charge is 0.324 e. The largest absolute Gasteiger partial charge is 0.480 e. The van der Waals surface area contributed by atoms with E-state index in [1.807, 2.05) is 30.3 Å². The molecular formula is C31H35ClN4O6S. The molecule has 228 valence electrons. The maximum atomic E-state index is 13.6. The highest BCUT2D eigenvalue weighted by atomic mass is 35.5. The number of nitriles is 1. The van der Waals surface area contributed by atoms with Crippen LogP contribution in [0.3, 0.4) is 0 Å². The van der Waals surface area contributed by atoms with Gasteiger partial charge in [-0.3, -0.25) is 9.59 Å². The van der Waals surface area contributed by atoms with Gasteiger partial charge in [-0.05, 0) is 74.7 Å². The van der Waals surface area contributed by atoms with E-state index in [1.54, 1.807) is 50.2 Å². The van der Waals surface area contributed by atoms with Gasteiger partial charge in [0.05, 0.1) is 29.6 Å². The third kappa shape index (κ3) is 7.91. The summed E-state index contributed by atoms with van der Waals surface area (Å²) in [5.74, 6) is -0.665. The summed E-state index contributed by atoms with van der Waals surface area (Å²) in [6.45, 7) is 5.20. The summed E-state index contributed by atoms with van der Waals surface area (Å²) in [5, 5.41) is 11.8. The van der Waals surface area contributed by atoms with E-state index in [0.29, 0.717) is 16.9 Å². The van der Waals surface area contributed by atoms with Gasteiger partial charge in [0.2, 0.25) is 10.0 Å². The fourth-order valence-electron chi connectivity index (χ4n) is 4.60. The van der Waals surface area contributed by atoms with Crippen molar-refractivity contribution < 1.29 is 27.5 Å². The number of benzene rings is 3. The van der Waals surface area contributed by atoms with E-state index >= 15 is 0 Å². The summed E-state index contributed by atoms with van der Waals surface area (Å²) < 4.78 is 40.1. The number of carbonyl (C=O) groups is 2. The Morgan fingerprint density at radius 1 is 1.02 bits per heavy atom. The van der Waals surface area contributed by atoms with Gasteiger partial charge in [0, 0.05) is 6.04 Å². The van der Waals surface area contributed by atoms with Gasteiger partial charge >= 0.3 is 5.97 Å². The molecule has 10 nitrogen and oxygen atoms in total. The van der Waals surface area contributed by atoms with Crippen LogP contribution in [0.2, 0.25) is 0 Å². The first kappa shape index (κ1) is 33.6. The van der Waals surface area contributed by atoms with Crippen LogP contribution in [0.15, 0.2) is 83.8 Å². The second kappa shape index (κ2) is 14.0. The Hall–Kier alpha value is -3.95. The Morgan fingerprint density at radius 2 is 1.67 bits per heavy atom. The molecule has 0 bridgehead atoms. The van der Waals surface area contributed by atoms with Gasteiger partial charge in [-0.2, -0.15) is 9.57 Å². The van der Waals surface area contributed by atoms with Gasteiger partial charge in [-0.1, -0.05) is 42.5 Å². The number of ether oxygens (including phenoxy) is 2. The number of halogens is 1. The molecule has 0 aliphatic carbocycles. The molecule has 43 heavy (non-hydrogen) atoms. The highest BCUT2D eigenvalue weighted by molar-refractivity contribution is 7.89. The molecule has 0 saturated carbocycles. The summed E-state index contributed by atoms with van der Waals surface area (Å²) in [6.07, 6.45) is -0.989. The van der Waals surface area contributed by atoms with E-state index < -0.39 is 39.6 Å². The minimum atomic E-state index is -3.90. The fraction of sp³-hybridized carbons (Fsp3) is 0.323. The molecule has 1 heterocycles. The average Bonchev–Trinajstić information content (AvgIpc) is 2.95. The van der Waals surface area contributed by atoms with Crippen molar-refractivity contribution in [3.63, 3.8) is 0 Å². The minimum absolute atomic E-state index is 0. The van der Waals surface area contributed by atoms with E-state index in [9.17, 15) is 18.0 Å². The topological polar surface area (TPSA) is 152 Å². The molecule has 4 rings (SSSR count). The van der Waals surface area contributed by atoms with E-state index in [0.717, 1.165) is 5.56 Å². The van der Waals surface area contributed by atoms with Crippen LogP contribution in [0.25, 0.3) is 0 Å². The maximum Gasteiger partial charge on any atom is 0.324 e. The molecule has 2 atom stereocenters. The van der Waals surface area contributed by atoms with Crippen molar-refractivity contribution in [3.8, 4) is 11.8 Å². The normalized spacial score (nSPS) is 15.6. The Labute approximate surface area is 258 Å². The highest BCUT2D eigenvalue weighted by Crippen LogP contribution is 2.40. The van der Waals surface area contributed by atoms with Gasteiger partial charge < -0.3 is 20.5 Å². The first-order valence-corrected chi connectivity index (χ1v) is 15.0. The van der Waals surface area contributed by atoms with Crippen molar-refractivity contribution in [3.05, 3.63) is 95.6 Å². The summed E-state index contributed by atoms with van der Waals surface area (Å²) in [5.41, 5.74) is 6.99. The third-order valence-electron chi connectivity index (χ3n) is 6.85. The van der Waals surface area contributed by atoms with E-state index in [2.05, 4.69) is 11.4 Å². The molecule has 0 aromatic heterocycles. The first-order valence-electron chi connectivity index (χ1n) is 13.5. The Balaban J connectivity index is 0.00000506. The maximum absolute atomic E-state index is 13.6. The van der Waals surface area contributed by atoms with Crippen LogP contribution in [0.5, 0.6) is 5.75 Å². The number of hydrogen-bond acceptors (Lipinski definition) is 8. The molecule has 12 heteroatoms. The van der Waals surface area contributed by atoms with Crippen molar-refractivity contribution in [2.24, 2.45) is 5.73 Å². The van der Waals surface area contributed by atoms with E-state index in [-0.39, 0.29) is 42.9 Å². The lowest BCUT2D eigenvalue weighted by Gasteiger charge is -2.48. The van der Waals surface area contributed by atoms with Crippen LogP contribution in [0.4, 0.5) is 0 Å². The number of rotatable bonds is 11. The lowest BCUT2D eigenvalue weighted by Crippen LogP contribution is -2.64. The van der Waals surface area contributed by atoms with Crippen LogP contribution >= 0.6 is 12.4 Å². The zero-order chi connectivity index (χ0) is 30.5. The predicted octanol–water partition coefficient (Wildman–Crippen LogP) is 3.28. The van der Waals surface area contributed by atoms with Crippen molar-refractivity contribution in [2.45, 2.75) is 55.9 Å². The standard InChI is InChI=1S/C31H34N4O6S.ClH/c1-21(2)34-29(36)22(3)40-30(37)28(33)17-24-8-7-11-27(16-24)42(38,39)35-19-31(20-35,25-9-5-4-6-10-25)41-26-14-12-23(18-32)13-15-26;/h4-16,21-22,28H,17,19-20,33H2,1-3H3,(H,34,36);1H/t22?,28-;/m0./s1. The second-order valence-electron chi connectivity index (χ2n) is 10.6. The highest BCUT2D eigenvalue weighted by Gasteiger charge is 2.52. The van der Waals surface area contributed by atoms with Gasteiger partial charge in [0.15, 0.2) is 11.7 Å². The summed E-state index contributed by atoms with van der Waals surface area (Å²) >= 11 is 0. The SMILES string of the molecule is CC(C)NC(=O)C(C)OC(=O)[C@@H](N)Cc1cccc(S(=O)(=O)N2CC(Oc3ccc(C#N)cc3)(c3ccccc3)C2)c1.Cl. The van der Waals surface area contributed by atoms with E-state index in [1.165, 1.54) is 23.4 Å². The van der Waals surface area contributed by atoms with Crippen molar-refractivity contribution in [1.82, 2.24) is 9.62 Å². The van der Waals surface area contributed by atoms with Crippen molar-refractivity contribution >= 4 is 34.3 Å². The average molecular weight is 627 g/mol. The number of nitrogens with one attached hydrogen (secondary N) is 1. The molecule has 1 aliphatic rings. The number of carbonyl (C=O) groups excluding carboxylic acids is 2. The lowest BCUT2D eigenvalue weighted by atomic mass is 9.87. The van der Waals surface area contributed by atoms with Gasteiger partial charge in [0.1, 0.15) is 11.8 Å². The number of amides is 1. The number of sulfonamides is 1. The van der Waals surface area contributed by atoms with Gasteiger partial charge in [-0.25, -0.2) is 8.42 Å². The zero-order valence-electron chi connectivity index (χ0n) is 24.1. The second-order valence-corrected chi connectivity index (χ2v) is 12.5. The molecule has 1 fully saturated rings. The van der Waals surface area contributed by atoms with Crippen molar-refractivity contribution in [1.29, 1.82) is 5.26 Å². The molecule has 3 aromatic carbocycles. The Morgan fingerprint density at radius 3 is 2.28 bits per heavy atom.